The van der Waals surface area contributed by atoms with E-state index in [9.17, 15) is 14.0 Å². The molecule has 1 atom stereocenters. The van der Waals surface area contributed by atoms with Gasteiger partial charge in [-0.1, -0.05) is 0 Å². The van der Waals surface area contributed by atoms with Crippen molar-refractivity contribution in [2.75, 3.05) is 52.4 Å². The van der Waals surface area contributed by atoms with Gasteiger partial charge in [0.1, 0.15) is 5.82 Å². The van der Waals surface area contributed by atoms with E-state index in [-0.39, 0.29) is 23.7 Å². The van der Waals surface area contributed by atoms with Crippen LogP contribution in [0.4, 0.5) is 4.39 Å². The molecule has 2 aliphatic heterocycles. The quantitative estimate of drug-likeness (QED) is 0.765. The van der Waals surface area contributed by atoms with E-state index in [0.29, 0.717) is 50.7 Å². The highest BCUT2D eigenvalue weighted by Gasteiger charge is 2.29. The number of morpholine rings is 1. The van der Waals surface area contributed by atoms with Crippen molar-refractivity contribution in [1.29, 1.82) is 0 Å². The molecule has 2 aliphatic rings. The smallest absolute Gasteiger partial charge is 0.289 e. The third-order valence-electron chi connectivity index (χ3n) is 5.59. The first-order valence-corrected chi connectivity index (χ1v) is 10.3. The maximum Gasteiger partial charge on any atom is 0.289 e. The predicted molar refractivity (Wildman–Crippen MR) is 108 cm³/mol. The molecule has 7 nitrogen and oxygen atoms in total. The normalized spacial score (nSPS) is 20.8. The van der Waals surface area contributed by atoms with Gasteiger partial charge in [0.25, 0.3) is 11.8 Å². The lowest BCUT2D eigenvalue weighted by atomic mass is 10.2. The first-order valence-electron chi connectivity index (χ1n) is 10.3. The highest BCUT2D eigenvalue weighted by molar-refractivity contribution is 5.94. The molecule has 160 valence electrons. The van der Waals surface area contributed by atoms with E-state index in [0.717, 1.165) is 19.5 Å². The number of hydrogen-bond acceptors (Lipinski definition) is 5. The lowest BCUT2D eigenvalue weighted by molar-refractivity contribution is -0.0360. The summed E-state index contributed by atoms with van der Waals surface area (Å²) in [5.41, 5.74) is 0.507. The molecule has 0 spiro atoms. The van der Waals surface area contributed by atoms with Gasteiger partial charge in [0, 0.05) is 44.8 Å². The molecule has 30 heavy (non-hydrogen) atoms. The van der Waals surface area contributed by atoms with Crippen molar-refractivity contribution in [3.8, 4) is 0 Å². The van der Waals surface area contributed by atoms with Crippen LogP contribution in [-0.4, -0.2) is 85.0 Å². The fraction of sp³-hybridized carbons (Fsp3) is 0.455. The van der Waals surface area contributed by atoms with Crippen molar-refractivity contribution in [3.05, 3.63) is 59.8 Å². The van der Waals surface area contributed by atoms with E-state index in [1.165, 1.54) is 30.5 Å². The molecule has 1 aromatic carbocycles. The Kier molecular flexibility index (Phi) is 6.44. The molecule has 0 N–H and O–H groups in total. The largest absolute Gasteiger partial charge is 0.459 e. The Labute approximate surface area is 175 Å². The topological polar surface area (TPSA) is 66.2 Å². The van der Waals surface area contributed by atoms with Gasteiger partial charge in [-0.3, -0.25) is 14.5 Å². The molecule has 0 bridgehead atoms. The number of carbonyl (C=O) groups is 2. The molecule has 2 aromatic rings. The number of hydrogen-bond donors (Lipinski definition) is 0. The van der Waals surface area contributed by atoms with Gasteiger partial charge in [0.15, 0.2) is 5.76 Å². The number of amides is 2. The van der Waals surface area contributed by atoms with Crippen molar-refractivity contribution >= 4 is 11.8 Å². The van der Waals surface area contributed by atoms with Crippen LogP contribution >= 0.6 is 0 Å². The second-order valence-corrected chi connectivity index (χ2v) is 7.67. The minimum absolute atomic E-state index is 0.0685. The summed E-state index contributed by atoms with van der Waals surface area (Å²) < 4.78 is 24.2. The molecule has 8 heteroatoms. The van der Waals surface area contributed by atoms with Crippen molar-refractivity contribution in [2.24, 2.45) is 0 Å². The van der Waals surface area contributed by atoms with Crippen LogP contribution in [0.3, 0.4) is 0 Å². The third kappa shape index (κ3) is 4.88. The standard InChI is InChI=1S/C22H26FN3O4/c23-18-6-4-17(5-7-18)21(27)25-9-2-8-24(10-11-25)15-19-16-26(12-14-29-19)22(28)20-3-1-13-30-20/h1,3-7,13,19H,2,8-12,14-16H2. The minimum Gasteiger partial charge on any atom is -0.459 e. The van der Waals surface area contributed by atoms with Gasteiger partial charge < -0.3 is 19.0 Å². The van der Waals surface area contributed by atoms with Gasteiger partial charge in [-0.05, 0) is 49.4 Å². The zero-order chi connectivity index (χ0) is 20.9. The van der Waals surface area contributed by atoms with Crippen molar-refractivity contribution in [1.82, 2.24) is 14.7 Å². The number of benzene rings is 1. The molecule has 2 amide bonds. The highest BCUT2D eigenvalue weighted by Crippen LogP contribution is 2.15. The van der Waals surface area contributed by atoms with Gasteiger partial charge in [0.2, 0.25) is 0 Å². The number of ether oxygens (including phenoxy) is 1. The molecule has 4 rings (SSSR count). The number of nitrogens with zero attached hydrogens (tertiary/aromatic N) is 3. The summed E-state index contributed by atoms with van der Waals surface area (Å²) in [6, 6.07) is 9.07. The zero-order valence-corrected chi connectivity index (χ0v) is 16.8. The average Bonchev–Trinajstić information content (AvgIpc) is 3.21. The first kappa shape index (κ1) is 20.6. The summed E-state index contributed by atoms with van der Waals surface area (Å²) >= 11 is 0. The van der Waals surface area contributed by atoms with Gasteiger partial charge in [-0.2, -0.15) is 0 Å². The average molecular weight is 415 g/mol. The van der Waals surface area contributed by atoms with Gasteiger partial charge >= 0.3 is 0 Å². The van der Waals surface area contributed by atoms with E-state index in [2.05, 4.69) is 4.90 Å². The Morgan fingerprint density at radius 1 is 0.967 bits per heavy atom. The molecule has 0 aliphatic carbocycles. The fourth-order valence-corrected chi connectivity index (χ4v) is 3.99. The first-order chi connectivity index (χ1) is 14.6. The lowest BCUT2D eigenvalue weighted by Gasteiger charge is -2.35. The zero-order valence-electron chi connectivity index (χ0n) is 16.8. The Bertz CT molecular complexity index is 856. The van der Waals surface area contributed by atoms with Crippen molar-refractivity contribution < 1.29 is 23.1 Å². The summed E-state index contributed by atoms with van der Waals surface area (Å²) in [5.74, 6) is -0.178. The van der Waals surface area contributed by atoms with E-state index < -0.39 is 0 Å². The van der Waals surface area contributed by atoms with Crippen molar-refractivity contribution in [2.45, 2.75) is 12.5 Å². The summed E-state index contributed by atoms with van der Waals surface area (Å²) in [4.78, 5) is 31.1. The maximum atomic E-state index is 13.1. The van der Waals surface area contributed by atoms with Gasteiger partial charge in [0.05, 0.1) is 19.0 Å². The fourth-order valence-electron chi connectivity index (χ4n) is 3.99. The van der Waals surface area contributed by atoms with E-state index in [1.807, 2.05) is 4.90 Å². The van der Waals surface area contributed by atoms with Crippen LogP contribution in [0.15, 0.2) is 47.1 Å². The van der Waals surface area contributed by atoms with Crippen molar-refractivity contribution in [3.63, 3.8) is 0 Å². The molecule has 3 heterocycles. The van der Waals surface area contributed by atoms with E-state index in [1.54, 1.807) is 17.0 Å². The Balaban J connectivity index is 1.30. The SMILES string of the molecule is O=C(c1ccc(F)cc1)N1CCCN(CC2CN(C(=O)c3ccco3)CCO2)CC1. The molecule has 1 unspecified atom stereocenters. The summed E-state index contributed by atoms with van der Waals surface area (Å²) in [5, 5.41) is 0. The third-order valence-corrected chi connectivity index (χ3v) is 5.59. The summed E-state index contributed by atoms with van der Waals surface area (Å²) in [6.45, 7) is 5.16. The second kappa shape index (κ2) is 9.40. The van der Waals surface area contributed by atoms with E-state index in [4.69, 9.17) is 9.15 Å². The Morgan fingerprint density at radius 3 is 2.57 bits per heavy atom. The Hall–Kier alpha value is -2.71. The molecule has 2 saturated heterocycles. The summed E-state index contributed by atoms with van der Waals surface area (Å²) in [6.07, 6.45) is 2.29. The molecule has 2 fully saturated rings. The van der Waals surface area contributed by atoms with Crippen LogP contribution in [0.2, 0.25) is 0 Å². The monoisotopic (exact) mass is 415 g/mol. The second-order valence-electron chi connectivity index (χ2n) is 7.67. The van der Waals surface area contributed by atoms with Crippen LogP contribution in [0.5, 0.6) is 0 Å². The molecular weight excluding hydrogens is 389 g/mol. The molecule has 0 radical (unpaired) electrons. The molecular formula is C22H26FN3O4. The lowest BCUT2D eigenvalue weighted by Crippen LogP contribution is -2.50. The van der Waals surface area contributed by atoms with E-state index >= 15 is 0 Å². The molecule has 1 aromatic heterocycles. The van der Waals surface area contributed by atoms with Crippen LogP contribution < -0.4 is 0 Å². The number of carbonyl (C=O) groups excluding carboxylic acids is 2. The van der Waals surface area contributed by atoms with Gasteiger partial charge in [-0.25, -0.2) is 4.39 Å². The number of rotatable bonds is 4. The number of halogens is 1. The van der Waals surface area contributed by atoms with Crippen LogP contribution in [0.25, 0.3) is 0 Å². The molecule has 0 saturated carbocycles. The maximum absolute atomic E-state index is 13.1. The van der Waals surface area contributed by atoms with Crippen LogP contribution in [0.1, 0.15) is 27.3 Å². The van der Waals surface area contributed by atoms with Gasteiger partial charge in [-0.15, -0.1) is 0 Å². The highest BCUT2D eigenvalue weighted by atomic mass is 19.1. The van der Waals surface area contributed by atoms with Crippen LogP contribution in [-0.2, 0) is 4.74 Å². The minimum atomic E-state index is -0.347. The summed E-state index contributed by atoms with van der Waals surface area (Å²) in [7, 11) is 0. The predicted octanol–water partition coefficient (Wildman–Crippen LogP) is 2.11. The number of furan rings is 1. The Morgan fingerprint density at radius 2 is 1.80 bits per heavy atom. The van der Waals surface area contributed by atoms with Crippen LogP contribution in [0, 0.1) is 5.82 Å².